The Kier molecular flexibility index (Phi) is 7.68. The lowest BCUT2D eigenvalue weighted by Crippen LogP contribution is -2.53. The molecule has 0 N–H and O–H groups in total. The van der Waals surface area contributed by atoms with Crippen molar-refractivity contribution in [2.75, 3.05) is 0 Å². The van der Waals surface area contributed by atoms with E-state index in [9.17, 15) is 0 Å². The Morgan fingerprint density at radius 3 is 1.48 bits per heavy atom. The molecule has 0 saturated heterocycles. The smallest absolute Gasteiger partial charge is 0.332 e. The van der Waals surface area contributed by atoms with Crippen LogP contribution in [0.3, 0.4) is 0 Å². The first-order valence-electron chi connectivity index (χ1n) is 22.1. The number of nitrogens with zero attached hydrogens (tertiary/aromatic N) is 2. The normalized spacial score (nSPS) is 12.3. The maximum atomic E-state index is 2.74. The van der Waals surface area contributed by atoms with Gasteiger partial charge in [-0.1, -0.05) is 182 Å². The predicted molar refractivity (Wildman–Crippen MR) is 275 cm³/mol. The van der Waals surface area contributed by atoms with Crippen LogP contribution in [0.5, 0.6) is 0 Å². The van der Waals surface area contributed by atoms with E-state index in [0.29, 0.717) is 0 Å². The minimum absolute atomic E-state index is 0.148. The van der Waals surface area contributed by atoms with Crippen LogP contribution in [0.2, 0.25) is 0 Å². The highest BCUT2D eigenvalue weighted by atomic mass is 32.1. The molecule has 0 fully saturated rings. The molecule has 10 aromatic carbocycles. The minimum atomic E-state index is -0.148. The quantitative estimate of drug-likeness (QED) is 0.153. The second kappa shape index (κ2) is 13.8. The maximum absolute atomic E-state index is 2.74. The van der Waals surface area contributed by atoms with Crippen LogP contribution in [-0.4, -0.2) is 15.9 Å². The van der Waals surface area contributed by atoms with E-state index in [1.165, 1.54) is 125 Å². The molecule has 14 rings (SSSR count). The third-order valence-electron chi connectivity index (χ3n) is 13.7. The molecule has 3 aromatic heterocycles. The van der Waals surface area contributed by atoms with Gasteiger partial charge in [0.2, 0.25) is 0 Å². The second-order valence-corrected chi connectivity index (χ2v) is 18.2. The molecule has 0 atom stereocenters. The zero-order chi connectivity index (χ0) is 41.9. The molecule has 4 heterocycles. The number of para-hydroxylation sites is 2. The number of hydrogen-bond acceptors (Lipinski definition) is 1. The van der Waals surface area contributed by atoms with Crippen LogP contribution < -0.4 is 10.9 Å². The summed E-state index contributed by atoms with van der Waals surface area (Å²) in [5.41, 5.74) is 18.5. The summed E-state index contributed by atoms with van der Waals surface area (Å²) in [7, 11) is 0. The molecule has 0 bridgehead atoms. The zero-order valence-electron chi connectivity index (χ0n) is 34.7. The third-order valence-corrected chi connectivity index (χ3v) is 14.9. The number of hydrogen-bond donors (Lipinski definition) is 0. The Morgan fingerprint density at radius 1 is 0.344 bits per heavy atom. The summed E-state index contributed by atoms with van der Waals surface area (Å²) in [5.74, 6) is 0. The van der Waals surface area contributed by atoms with Gasteiger partial charge in [-0.3, -0.25) is 0 Å². The van der Waals surface area contributed by atoms with Gasteiger partial charge in [-0.2, -0.15) is 0 Å². The van der Waals surface area contributed by atoms with Crippen LogP contribution >= 0.6 is 11.3 Å². The summed E-state index contributed by atoms with van der Waals surface area (Å²) in [5, 5.41) is 7.78. The van der Waals surface area contributed by atoms with Crippen molar-refractivity contribution < 1.29 is 0 Å². The van der Waals surface area contributed by atoms with Crippen LogP contribution in [0.1, 0.15) is 0 Å². The van der Waals surface area contributed by atoms with Crippen molar-refractivity contribution in [1.82, 2.24) is 9.05 Å². The fraction of sp³-hybridized carbons (Fsp3) is 0. The van der Waals surface area contributed by atoms with E-state index < -0.39 is 0 Å². The molecule has 0 amide bonds. The van der Waals surface area contributed by atoms with Gasteiger partial charge in [0.05, 0.1) is 11.0 Å². The van der Waals surface area contributed by atoms with E-state index >= 15 is 0 Å². The lowest BCUT2D eigenvalue weighted by molar-refractivity contribution is 1.18. The molecule has 2 nitrogen and oxygen atoms in total. The molecule has 0 saturated carbocycles. The van der Waals surface area contributed by atoms with E-state index in [1.54, 1.807) is 0 Å². The molecule has 13 aromatic rings. The summed E-state index contributed by atoms with van der Waals surface area (Å²) in [6.45, 7) is -0.148. The Morgan fingerprint density at radius 2 is 0.859 bits per heavy atom. The van der Waals surface area contributed by atoms with Crippen LogP contribution in [0.15, 0.2) is 224 Å². The van der Waals surface area contributed by atoms with Crippen molar-refractivity contribution in [3.8, 4) is 50.2 Å². The Balaban J connectivity index is 1.19. The lowest BCUT2D eigenvalue weighted by atomic mass is 9.48. The van der Waals surface area contributed by atoms with E-state index in [2.05, 4.69) is 234 Å². The number of thiophene rings is 1. The topological polar surface area (TPSA) is 9.86 Å². The van der Waals surface area contributed by atoms with Gasteiger partial charge in [0, 0.05) is 69.6 Å². The third kappa shape index (κ3) is 5.09. The van der Waals surface area contributed by atoms with Crippen molar-refractivity contribution in [1.29, 1.82) is 0 Å². The summed E-state index contributed by atoms with van der Waals surface area (Å²) in [6.07, 6.45) is 0. The van der Waals surface area contributed by atoms with Gasteiger partial charge in [-0.15, -0.1) is 11.3 Å². The van der Waals surface area contributed by atoms with Crippen molar-refractivity contribution >= 4 is 92.9 Å². The molecule has 1 aliphatic rings. The summed E-state index contributed by atoms with van der Waals surface area (Å²) < 4.78 is 7.99. The Labute approximate surface area is 374 Å². The standard InChI is InChI=1S/C60H37BN2S/c1-5-18-38(19-6-1)42-34-47(40-22-9-3-10-23-40)57-49(36-42)50-37-43(39-20-7-2-8-21-39)35-48(41-24-11-4-12-25-41)58(50)63(57)61-51-28-14-15-30-53(51)62-54-33-32-45-44-26-13-16-31-55(44)64-60(45)56(54)46-27-17-29-52(61)59(46)62/h1-37H. The minimum Gasteiger partial charge on any atom is -0.375 e. The fourth-order valence-electron chi connectivity index (χ4n) is 11.0. The summed E-state index contributed by atoms with van der Waals surface area (Å²) in [4.78, 5) is 0. The largest absolute Gasteiger partial charge is 0.375 e. The number of fused-ring (bicyclic) bond motifs is 12. The van der Waals surface area contributed by atoms with Crippen molar-refractivity contribution in [2.24, 2.45) is 0 Å². The molecule has 0 spiro atoms. The molecule has 0 radical (unpaired) electrons. The Hall–Kier alpha value is -7.92. The predicted octanol–water partition coefficient (Wildman–Crippen LogP) is 14.9. The number of benzene rings is 10. The van der Waals surface area contributed by atoms with Crippen LogP contribution in [0.4, 0.5) is 0 Å². The monoisotopic (exact) mass is 828 g/mol. The van der Waals surface area contributed by atoms with E-state index in [0.717, 1.165) is 0 Å². The highest BCUT2D eigenvalue weighted by Crippen LogP contribution is 2.47. The molecule has 64 heavy (non-hydrogen) atoms. The average Bonchev–Trinajstić information content (AvgIpc) is 4.03. The fourth-order valence-corrected chi connectivity index (χ4v) is 12.3. The van der Waals surface area contributed by atoms with E-state index in [1.807, 2.05) is 11.3 Å². The van der Waals surface area contributed by atoms with Crippen LogP contribution in [-0.2, 0) is 0 Å². The average molecular weight is 829 g/mol. The Bertz CT molecular complexity index is 3860. The lowest BCUT2D eigenvalue weighted by Gasteiger charge is -2.29. The van der Waals surface area contributed by atoms with Crippen molar-refractivity contribution in [2.45, 2.75) is 0 Å². The first-order chi connectivity index (χ1) is 31.8. The highest BCUT2D eigenvalue weighted by molar-refractivity contribution is 7.26. The van der Waals surface area contributed by atoms with Gasteiger partial charge >= 0.3 is 6.85 Å². The maximum Gasteiger partial charge on any atom is 0.332 e. The second-order valence-electron chi connectivity index (χ2n) is 17.1. The van der Waals surface area contributed by atoms with Crippen LogP contribution in [0.25, 0.3) is 114 Å². The first kappa shape index (κ1) is 35.7. The molecular weight excluding hydrogens is 792 g/mol. The first-order valence-corrected chi connectivity index (χ1v) is 22.9. The zero-order valence-corrected chi connectivity index (χ0v) is 35.6. The molecule has 0 aliphatic carbocycles. The van der Waals surface area contributed by atoms with Gasteiger partial charge < -0.3 is 9.05 Å². The summed E-state index contributed by atoms with van der Waals surface area (Å²) >= 11 is 1.92. The van der Waals surface area contributed by atoms with Crippen molar-refractivity contribution in [3.05, 3.63) is 224 Å². The number of rotatable bonds is 5. The van der Waals surface area contributed by atoms with Gasteiger partial charge in [0.1, 0.15) is 0 Å². The van der Waals surface area contributed by atoms with Crippen LogP contribution in [0, 0.1) is 0 Å². The van der Waals surface area contributed by atoms with Gasteiger partial charge in [-0.05, 0) is 86.8 Å². The van der Waals surface area contributed by atoms with E-state index in [4.69, 9.17) is 0 Å². The molecule has 4 heteroatoms. The van der Waals surface area contributed by atoms with E-state index in [-0.39, 0.29) is 6.85 Å². The SMILES string of the molecule is c1ccc(-c2cc(-c3ccccc3)c3c(c2)c2cc(-c4ccccc4)cc(-c4ccccc4)c2n3B2c3ccccc3-n3c4ccc5c6ccccc6sc5c4c4cccc2c43)cc1. The number of aromatic nitrogens is 2. The molecule has 296 valence electrons. The summed E-state index contributed by atoms with van der Waals surface area (Å²) in [6, 6.07) is 83.5. The van der Waals surface area contributed by atoms with Gasteiger partial charge in [-0.25, -0.2) is 0 Å². The van der Waals surface area contributed by atoms with Crippen molar-refractivity contribution in [3.63, 3.8) is 0 Å². The van der Waals surface area contributed by atoms with Gasteiger partial charge in [0.15, 0.2) is 0 Å². The molecular formula is C60H37BN2S. The molecule has 1 aliphatic heterocycles. The molecule has 0 unspecified atom stereocenters. The van der Waals surface area contributed by atoms with Gasteiger partial charge in [0.25, 0.3) is 0 Å². The highest BCUT2D eigenvalue weighted by Gasteiger charge is 2.38.